The number of H-pyrrole nitrogens is 1. The van der Waals surface area contributed by atoms with Crippen LogP contribution in [0.15, 0.2) is 24.4 Å². The van der Waals surface area contributed by atoms with Gasteiger partial charge in [0.15, 0.2) is 0 Å². The number of hydrogen-bond donors (Lipinski definition) is 3. The molecule has 130 valence electrons. The number of rotatable bonds is 4. The SMILES string of the molecule is CCCOC(=O)N[C@H]1C[C@@H](C2=CB(O)Oc3cnc4[nH]ccc4c32)C1. The summed E-state index contributed by atoms with van der Waals surface area (Å²) in [5.41, 5.74) is 2.83. The number of carbonyl (C=O) groups is 1. The summed E-state index contributed by atoms with van der Waals surface area (Å²) in [6.45, 7) is 2.39. The molecule has 1 saturated carbocycles. The first-order valence-corrected chi connectivity index (χ1v) is 8.62. The Hall–Kier alpha value is -2.48. The Bertz CT molecular complexity index is 828. The zero-order valence-electron chi connectivity index (χ0n) is 14.0. The highest BCUT2D eigenvalue weighted by molar-refractivity contribution is 6.52. The topological polar surface area (TPSA) is 96.5 Å². The number of hydrogen-bond acceptors (Lipinski definition) is 5. The molecule has 2 aromatic rings. The van der Waals surface area contributed by atoms with E-state index < -0.39 is 7.12 Å². The fourth-order valence-corrected chi connectivity index (χ4v) is 3.51. The first kappa shape index (κ1) is 16.0. The molecule has 2 aliphatic rings. The van der Waals surface area contributed by atoms with E-state index in [1.54, 1.807) is 12.2 Å². The highest BCUT2D eigenvalue weighted by atomic mass is 16.5. The van der Waals surface area contributed by atoms with E-state index in [0.29, 0.717) is 12.4 Å². The van der Waals surface area contributed by atoms with Gasteiger partial charge in [-0.3, -0.25) is 0 Å². The van der Waals surface area contributed by atoms with Crippen LogP contribution in [0.4, 0.5) is 4.79 Å². The van der Waals surface area contributed by atoms with Crippen molar-refractivity contribution in [3.05, 3.63) is 30.0 Å². The fourth-order valence-electron chi connectivity index (χ4n) is 3.51. The minimum absolute atomic E-state index is 0.0993. The normalized spacial score (nSPS) is 21.8. The molecule has 0 aromatic carbocycles. The lowest BCUT2D eigenvalue weighted by Crippen LogP contribution is -2.45. The van der Waals surface area contributed by atoms with Crippen LogP contribution in [-0.4, -0.2) is 40.9 Å². The van der Waals surface area contributed by atoms with E-state index in [4.69, 9.17) is 9.39 Å². The zero-order chi connectivity index (χ0) is 17.4. The second-order valence-electron chi connectivity index (χ2n) is 6.51. The zero-order valence-corrected chi connectivity index (χ0v) is 14.0. The van der Waals surface area contributed by atoms with Gasteiger partial charge in [-0.1, -0.05) is 6.92 Å². The fraction of sp³-hybridized carbons (Fsp3) is 0.412. The second-order valence-corrected chi connectivity index (χ2v) is 6.51. The summed E-state index contributed by atoms with van der Waals surface area (Å²) in [5.74, 6) is 2.61. The third-order valence-electron chi connectivity index (χ3n) is 4.75. The number of carbonyl (C=O) groups excluding carboxylic acids is 1. The predicted octanol–water partition coefficient (Wildman–Crippen LogP) is 2.27. The van der Waals surface area contributed by atoms with Crippen LogP contribution in [0.2, 0.25) is 0 Å². The summed E-state index contributed by atoms with van der Waals surface area (Å²) in [5, 5.41) is 13.9. The molecule has 1 fully saturated rings. The van der Waals surface area contributed by atoms with Gasteiger partial charge in [0.05, 0.1) is 12.8 Å². The summed E-state index contributed by atoms with van der Waals surface area (Å²) < 4.78 is 10.6. The van der Waals surface area contributed by atoms with Crippen molar-refractivity contribution < 1.29 is 19.2 Å². The molecular formula is C17H20BN3O4. The Morgan fingerprint density at radius 1 is 1.56 bits per heavy atom. The molecule has 2 aromatic heterocycles. The van der Waals surface area contributed by atoms with Gasteiger partial charge in [0.25, 0.3) is 0 Å². The van der Waals surface area contributed by atoms with E-state index in [-0.39, 0.29) is 18.1 Å². The molecule has 7 nitrogen and oxygen atoms in total. The molecule has 0 bridgehead atoms. The number of amides is 1. The number of ether oxygens (including phenoxy) is 1. The second kappa shape index (κ2) is 6.44. The van der Waals surface area contributed by atoms with Crippen molar-refractivity contribution in [3.63, 3.8) is 0 Å². The molecule has 0 unspecified atom stereocenters. The van der Waals surface area contributed by atoms with Crippen molar-refractivity contribution in [2.45, 2.75) is 32.2 Å². The maximum atomic E-state index is 11.7. The smallest absolute Gasteiger partial charge is 0.531 e. The van der Waals surface area contributed by atoms with Crippen molar-refractivity contribution in [1.29, 1.82) is 0 Å². The largest absolute Gasteiger partial charge is 0.552 e. The van der Waals surface area contributed by atoms with E-state index in [2.05, 4.69) is 15.3 Å². The van der Waals surface area contributed by atoms with Gasteiger partial charge in [0, 0.05) is 23.2 Å². The Labute approximate surface area is 145 Å². The number of nitrogens with one attached hydrogen (secondary N) is 2. The minimum atomic E-state index is -0.970. The molecule has 25 heavy (non-hydrogen) atoms. The van der Waals surface area contributed by atoms with E-state index in [1.165, 1.54) is 0 Å². The van der Waals surface area contributed by atoms with Gasteiger partial charge in [-0.05, 0) is 42.8 Å². The molecule has 1 aliphatic carbocycles. The van der Waals surface area contributed by atoms with Gasteiger partial charge < -0.3 is 24.7 Å². The van der Waals surface area contributed by atoms with Crippen LogP contribution in [0.1, 0.15) is 31.7 Å². The standard InChI is InChI=1S/C17H20BN3O4/c1-2-5-24-17(22)21-11-6-10(7-11)13-8-18(23)25-14-9-20-16-12(15(13)14)3-4-19-16/h3-4,8-11,23H,2,5-7H2,1H3,(H,19,20)(H,21,22)/t10-,11+. The Morgan fingerprint density at radius 3 is 3.20 bits per heavy atom. The number of aromatic nitrogens is 2. The van der Waals surface area contributed by atoms with Crippen LogP contribution in [0.3, 0.4) is 0 Å². The number of allylic oxidation sites excluding steroid dienone is 1. The molecule has 1 aliphatic heterocycles. The number of alkyl carbamates (subject to hydrolysis) is 1. The maximum absolute atomic E-state index is 11.7. The summed E-state index contributed by atoms with van der Waals surface area (Å²) in [4.78, 5) is 19.1. The highest BCUT2D eigenvalue weighted by Crippen LogP contribution is 2.45. The Kier molecular flexibility index (Phi) is 4.13. The lowest BCUT2D eigenvalue weighted by molar-refractivity contribution is 0.132. The van der Waals surface area contributed by atoms with Gasteiger partial charge in [0.1, 0.15) is 11.4 Å². The highest BCUT2D eigenvalue weighted by Gasteiger charge is 2.38. The van der Waals surface area contributed by atoms with Crippen LogP contribution >= 0.6 is 0 Å². The quantitative estimate of drug-likeness (QED) is 0.742. The van der Waals surface area contributed by atoms with Crippen molar-refractivity contribution in [2.24, 2.45) is 5.92 Å². The van der Waals surface area contributed by atoms with E-state index in [1.807, 2.05) is 19.2 Å². The molecular weight excluding hydrogens is 321 g/mol. The average molecular weight is 341 g/mol. The van der Waals surface area contributed by atoms with E-state index >= 15 is 0 Å². The van der Waals surface area contributed by atoms with E-state index in [9.17, 15) is 9.82 Å². The van der Waals surface area contributed by atoms with E-state index in [0.717, 1.165) is 41.4 Å². The van der Waals surface area contributed by atoms with Gasteiger partial charge >= 0.3 is 13.2 Å². The third-order valence-corrected chi connectivity index (χ3v) is 4.75. The number of fused-ring (bicyclic) bond motifs is 3. The molecule has 1 amide bonds. The van der Waals surface area contributed by atoms with Crippen molar-refractivity contribution in [3.8, 4) is 5.75 Å². The predicted molar refractivity (Wildman–Crippen MR) is 94.0 cm³/mol. The summed E-state index contributed by atoms with van der Waals surface area (Å²) in [6, 6.07) is 2.06. The third kappa shape index (κ3) is 2.97. The summed E-state index contributed by atoms with van der Waals surface area (Å²) >= 11 is 0. The number of nitrogens with zero attached hydrogens (tertiary/aromatic N) is 1. The Morgan fingerprint density at radius 2 is 2.40 bits per heavy atom. The molecule has 0 saturated heterocycles. The monoisotopic (exact) mass is 341 g/mol. The lowest BCUT2D eigenvalue weighted by Gasteiger charge is -2.39. The maximum Gasteiger partial charge on any atom is 0.552 e. The van der Waals surface area contributed by atoms with Gasteiger partial charge in [-0.2, -0.15) is 0 Å². The first-order valence-electron chi connectivity index (χ1n) is 8.62. The minimum Gasteiger partial charge on any atom is -0.531 e. The Balaban J connectivity index is 1.51. The van der Waals surface area contributed by atoms with Crippen LogP contribution in [0, 0.1) is 5.92 Å². The lowest BCUT2D eigenvalue weighted by atomic mass is 9.68. The van der Waals surface area contributed by atoms with Crippen LogP contribution in [-0.2, 0) is 4.74 Å². The summed E-state index contributed by atoms with van der Waals surface area (Å²) in [6.07, 6.45) is 5.56. The average Bonchev–Trinajstić information content (AvgIpc) is 3.03. The van der Waals surface area contributed by atoms with Gasteiger partial charge in [0.2, 0.25) is 0 Å². The number of aromatic amines is 1. The van der Waals surface area contributed by atoms with Gasteiger partial charge in [-0.15, -0.1) is 0 Å². The van der Waals surface area contributed by atoms with Crippen LogP contribution in [0.5, 0.6) is 5.75 Å². The molecule has 3 heterocycles. The number of pyridine rings is 1. The van der Waals surface area contributed by atoms with Crippen molar-refractivity contribution in [2.75, 3.05) is 6.61 Å². The van der Waals surface area contributed by atoms with Crippen LogP contribution in [0.25, 0.3) is 16.6 Å². The van der Waals surface area contributed by atoms with Crippen molar-refractivity contribution in [1.82, 2.24) is 15.3 Å². The first-order chi connectivity index (χ1) is 12.2. The molecule has 3 N–H and O–H groups in total. The summed E-state index contributed by atoms with van der Waals surface area (Å²) in [7, 11) is -0.970. The van der Waals surface area contributed by atoms with Gasteiger partial charge in [-0.25, -0.2) is 9.78 Å². The molecule has 8 heteroatoms. The molecule has 0 atom stereocenters. The molecule has 4 rings (SSSR count). The molecule has 0 spiro atoms. The van der Waals surface area contributed by atoms with Crippen LogP contribution < -0.4 is 9.97 Å². The molecule has 0 radical (unpaired) electrons. The van der Waals surface area contributed by atoms with Crippen molar-refractivity contribution >= 4 is 29.8 Å².